The fraction of sp³-hybridized carbons (Fsp3) is 0.625. The highest BCUT2D eigenvalue weighted by atomic mass is 19.1. The summed E-state index contributed by atoms with van der Waals surface area (Å²) in [4.78, 5) is 2.36. The molecule has 1 rings (SSSR count). The van der Waals surface area contributed by atoms with Crippen LogP contribution in [0.1, 0.15) is 38.8 Å². The third-order valence-electron chi connectivity index (χ3n) is 3.16. The van der Waals surface area contributed by atoms with Crippen LogP contribution in [0.25, 0.3) is 0 Å². The lowest BCUT2D eigenvalue weighted by molar-refractivity contribution is 0.218. The summed E-state index contributed by atoms with van der Waals surface area (Å²) in [6, 6.07) is 7.06. The van der Waals surface area contributed by atoms with Crippen LogP contribution in [-0.4, -0.2) is 32.1 Å². The second-order valence-corrected chi connectivity index (χ2v) is 6.48. The van der Waals surface area contributed by atoms with Gasteiger partial charge in [0, 0.05) is 12.6 Å². The van der Waals surface area contributed by atoms with Crippen LogP contribution in [0.15, 0.2) is 24.3 Å². The first-order valence-electron chi connectivity index (χ1n) is 6.93. The van der Waals surface area contributed by atoms with E-state index in [1.165, 1.54) is 12.1 Å². The molecule has 0 fully saturated rings. The van der Waals surface area contributed by atoms with Gasteiger partial charge in [-0.3, -0.25) is 0 Å². The van der Waals surface area contributed by atoms with Gasteiger partial charge in [-0.05, 0) is 50.2 Å². The van der Waals surface area contributed by atoms with Gasteiger partial charge in [0.2, 0.25) is 0 Å². The molecule has 0 aliphatic heterocycles. The average molecular weight is 266 g/mol. The Morgan fingerprint density at radius 2 is 1.79 bits per heavy atom. The Bertz CT molecular complexity index is 367. The first-order valence-corrected chi connectivity index (χ1v) is 6.93. The zero-order valence-corrected chi connectivity index (χ0v) is 12.8. The summed E-state index contributed by atoms with van der Waals surface area (Å²) in [5.74, 6) is -0.177. The average Bonchev–Trinajstić information content (AvgIpc) is 2.29. The summed E-state index contributed by atoms with van der Waals surface area (Å²) in [5.41, 5.74) is 1.47. The minimum Gasteiger partial charge on any atom is -0.313 e. The molecular weight excluding hydrogens is 239 g/mol. The first kappa shape index (κ1) is 16.1. The predicted octanol–water partition coefficient (Wildman–Crippen LogP) is 3.45. The summed E-state index contributed by atoms with van der Waals surface area (Å²) in [5, 5.41) is 3.31. The quantitative estimate of drug-likeness (QED) is 0.848. The second kappa shape index (κ2) is 7.01. The highest BCUT2D eigenvalue weighted by Crippen LogP contribution is 2.19. The minimum absolute atomic E-state index is 0.177. The van der Waals surface area contributed by atoms with Gasteiger partial charge in [-0.1, -0.05) is 32.9 Å². The molecule has 1 N–H and O–H groups in total. The maximum atomic E-state index is 12.9. The first-order chi connectivity index (χ1) is 8.81. The third kappa shape index (κ3) is 6.17. The van der Waals surface area contributed by atoms with Gasteiger partial charge in [-0.2, -0.15) is 0 Å². The third-order valence-corrected chi connectivity index (χ3v) is 3.16. The summed E-state index contributed by atoms with van der Waals surface area (Å²) < 4.78 is 12.9. The Balaban J connectivity index is 2.51. The maximum absolute atomic E-state index is 12.9. The summed E-state index contributed by atoms with van der Waals surface area (Å²) in [6.45, 7) is 8.85. The molecule has 0 heterocycles. The molecule has 0 saturated heterocycles. The van der Waals surface area contributed by atoms with E-state index < -0.39 is 0 Å². The second-order valence-electron chi connectivity index (χ2n) is 6.48. The van der Waals surface area contributed by atoms with E-state index in [9.17, 15) is 4.39 Å². The van der Waals surface area contributed by atoms with E-state index in [1.54, 1.807) is 0 Å². The smallest absolute Gasteiger partial charge is 0.123 e. The van der Waals surface area contributed by atoms with E-state index in [-0.39, 0.29) is 11.9 Å². The topological polar surface area (TPSA) is 15.3 Å². The van der Waals surface area contributed by atoms with E-state index >= 15 is 0 Å². The monoisotopic (exact) mass is 266 g/mol. The molecule has 0 saturated carbocycles. The van der Waals surface area contributed by atoms with Crippen LogP contribution in [0, 0.1) is 11.2 Å². The van der Waals surface area contributed by atoms with Gasteiger partial charge < -0.3 is 10.2 Å². The van der Waals surface area contributed by atoms with Crippen LogP contribution in [-0.2, 0) is 0 Å². The number of halogens is 1. The lowest BCUT2D eigenvalue weighted by atomic mass is 9.96. The van der Waals surface area contributed by atoms with E-state index in [0.29, 0.717) is 5.41 Å². The van der Waals surface area contributed by atoms with Crippen molar-refractivity contribution >= 4 is 0 Å². The summed E-state index contributed by atoms with van der Waals surface area (Å²) >= 11 is 0. The van der Waals surface area contributed by atoms with Crippen molar-refractivity contribution < 1.29 is 4.39 Å². The van der Waals surface area contributed by atoms with Crippen LogP contribution < -0.4 is 5.32 Å². The van der Waals surface area contributed by atoms with Crippen LogP contribution in [0.4, 0.5) is 4.39 Å². The molecular formula is C16H27FN2. The van der Waals surface area contributed by atoms with Crippen molar-refractivity contribution in [1.82, 2.24) is 10.2 Å². The van der Waals surface area contributed by atoms with Crippen molar-refractivity contribution in [3.63, 3.8) is 0 Å². The molecule has 0 bridgehead atoms. The largest absolute Gasteiger partial charge is 0.313 e. The van der Waals surface area contributed by atoms with Crippen LogP contribution in [0.5, 0.6) is 0 Å². The van der Waals surface area contributed by atoms with Crippen molar-refractivity contribution in [2.75, 3.05) is 27.2 Å². The highest BCUT2D eigenvalue weighted by molar-refractivity contribution is 5.19. The molecule has 1 aromatic carbocycles. The molecule has 0 spiro atoms. The fourth-order valence-corrected chi connectivity index (χ4v) is 2.41. The molecule has 0 radical (unpaired) electrons. The number of nitrogens with zero attached hydrogens (tertiary/aromatic N) is 1. The molecule has 0 aliphatic carbocycles. The molecule has 1 aromatic rings. The normalized spacial score (nSPS) is 13.8. The number of nitrogens with one attached hydrogen (secondary N) is 1. The molecule has 1 unspecified atom stereocenters. The number of hydrogen-bond acceptors (Lipinski definition) is 2. The van der Waals surface area contributed by atoms with E-state index in [4.69, 9.17) is 0 Å². The molecule has 0 amide bonds. The predicted molar refractivity (Wildman–Crippen MR) is 79.8 cm³/mol. The summed E-state index contributed by atoms with van der Waals surface area (Å²) in [7, 11) is 4.11. The zero-order chi connectivity index (χ0) is 14.5. The summed E-state index contributed by atoms with van der Waals surface area (Å²) in [6.07, 6.45) is 1.02. The Morgan fingerprint density at radius 1 is 1.21 bits per heavy atom. The van der Waals surface area contributed by atoms with E-state index in [2.05, 4.69) is 38.0 Å². The number of rotatable bonds is 6. The van der Waals surface area contributed by atoms with Gasteiger partial charge in [-0.15, -0.1) is 0 Å². The van der Waals surface area contributed by atoms with Crippen molar-refractivity contribution in [2.45, 2.75) is 33.2 Å². The van der Waals surface area contributed by atoms with Crippen LogP contribution in [0.3, 0.4) is 0 Å². The molecule has 19 heavy (non-hydrogen) atoms. The molecule has 2 nitrogen and oxygen atoms in total. The fourth-order valence-electron chi connectivity index (χ4n) is 2.41. The van der Waals surface area contributed by atoms with Crippen molar-refractivity contribution in [1.29, 1.82) is 0 Å². The van der Waals surface area contributed by atoms with Gasteiger partial charge in [0.15, 0.2) is 0 Å². The number of hydrogen-bond donors (Lipinski definition) is 1. The van der Waals surface area contributed by atoms with Crippen molar-refractivity contribution in [2.24, 2.45) is 5.41 Å². The van der Waals surface area contributed by atoms with Gasteiger partial charge in [-0.25, -0.2) is 4.39 Å². The van der Waals surface area contributed by atoms with Gasteiger partial charge in [0.1, 0.15) is 5.82 Å². The standard InChI is InChI=1S/C16H27FN2/c1-16(2,3)12-19(5)11-10-15(18-4)13-6-8-14(17)9-7-13/h6-9,15,18H,10-12H2,1-5H3. The molecule has 1 atom stereocenters. The van der Waals surface area contributed by atoms with Gasteiger partial charge in [0.05, 0.1) is 0 Å². The van der Waals surface area contributed by atoms with E-state index in [0.717, 1.165) is 25.1 Å². The van der Waals surface area contributed by atoms with Crippen molar-refractivity contribution in [3.8, 4) is 0 Å². The molecule has 108 valence electrons. The molecule has 0 aliphatic rings. The number of benzene rings is 1. The maximum Gasteiger partial charge on any atom is 0.123 e. The minimum atomic E-state index is -0.177. The molecule has 0 aromatic heterocycles. The SMILES string of the molecule is CNC(CCN(C)CC(C)(C)C)c1ccc(F)cc1. The molecule has 3 heteroatoms. The Kier molecular flexibility index (Phi) is 5.95. The lowest BCUT2D eigenvalue weighted by Gasteiger charge is -2.28. The van der Waals surface area contributed by atoms with Gasteiger partial charge >= 0.3 is 0 Å². The van der Waals surface area contributed by atoms with Crippen LogP contribution in [0.2, 0.25) is 0 Å². The zero-order valence-electron chi connectivity index (χ0n) is 12.8. The van der Waals surface area contributed by atoms with Crippen molar-refractivity contribution in [3.05, 3.63) is 35.6 Å². The van der Waals surface area contributed by atoms with E-state index in [1.807, 2.05) is 19.2 Å². The van der Waals surface area contributed by atoms with Crippen LogP contribution >= 0.6 is 0 Å². The lowest BCUT2D eigenvalue weighted by Crippen LogP contribution is -2.32. The Morgan fingerprint density at radius 3 is 2.26 bits per heavy atom. The van der Waals surface area contributed by atoms with Gasteiger partial charge in [0.25, 0.3) is 0 Å². The Hall–Kier alpha value is -0.930. The Labute approximate surface area is 117 Å². The highest BCUT2D eigenvalue weighted by Gasteiger charge is 2.15.